The van der Waals surface area contributed by atoms with E-state index in [1.807, 2.05) is 72.8 Å². The van der Waals surface area contributed by atoms with Crippen LogP contribution in [0.4, 0.5) is 0 Å². The van der Waals surface area contributed by atoms with Crippen molar-refractivity contribution in [1.29, 1.82) is 0 Å². The lowest BCUT2D eigenvalue weighted by Crippen LogP contribution is -2.29. The summed E-state index contributed by atoms with van der Waals surface area (Å²) in [5, 5.41) is 15.4. The fourth-order valence-corrected chi connectivity index (χ4v) is 4.71. The summed E-state index contributed by atoms with van der Waals surface area (Å²) in [7, 11) is 1.62. The zero-order chi connectivity index (χ0) is 27.7. The normalized spacial score (nSPS) is 11.8. The molecule has 1 unspecified atom stereocenters. The summed E-state index contributed by atoms with van der Waals surface area (Å²) < 4.78 is 17.7. The highest BCUT2D eigenvalue weighted by molar-refractivity contribution is 6.10. The van der Waals surface area contributed by atoms with Gasteiger partial charge in [0.15, 0.2) is 11.5 Å². The number of nitrogens with one attached hydrogen (secondary N) is 2. The molecule has 5 rings (SSSR count). The average molecular weight is 542 g/mol. The summed E-state index contributed by atoms with van der Waals surface area (Å²) >= 11 is 0. The van der Waals surface area contributed by atoms with Crippen molar-refractivity contribution in [2.24, 2.45) is 0 Å². The Bertz CT molecular complexity index is 1570. The van der Waals surface area contributed by atoms with Gasteiger partial charge >= 0.3 is 0 Å². The Morgan fingerprint density at radius 2 is 1.57 bits per heavy atom. The Labute approximate surface area is 231 Å². The molecule has 206 valence electrons. The van der Waals surface area contributed by atoms with Crippen LogP contribution in [0.2, 0.25) is 0 Å². The van der Waals surface area contributed by atoms with E-state index in [2.05, 4.69) is 33.3 Å². The molecule has 0 spiro atoms. The van der Waals surface area contributed by atoms with Gasteiger partial charge in [0, 0.05) is 35.3 Å². The molecular formula is C31H31N3O6. The number of rotatable bonds is 14. The predicted molar refractivity (Wildman–Crippen MR) is 154 cm³/mol. The van der Waals surface area contributed by atoms with Crippen LogP contribution in [-0.4, -0.2) is 43.5 Å². The molecule has 0 saturated carbocycles. The summed E-state index contributed by atoms with van der Waals surface area (Å²) in [5.74, 6) is 2.22. The SMILES string of the molecule is COc1ccccc1OCCNCC(COc1cccc2[nH]c3ccccc3c12)c1ccc(CO[N+](=O)[O-])cc1. The second-order valence-corrected chi connectivity index (χ2v) is 9.30. The standard InChI is InChI=1S/C31H31N3O6/c1-37-28-10-4-5-11-29(28)38-18-17-32-19-24(23-15-13-22(14-16-23)20-40-34(35)36)21-39-30-12-6-9-27-31(30)25-7-2-3-8-26(25)33-27/h2-16,24,32-33H,17-21H2,1H3. The third-order valence-electron chi connectivity index (χ3n) is 6.72. The Balaban J connectivity index is 1.28. The van der Waals surface area contributed by atoms with Crippen LogP contribution in [0.5, 0.6) is 17.2 Å². The molecule has 1 aromatic heterocycles. The van der Waals surface area contributed by atoms with E-state index >= 15 is 0 Å². The second kappa shape index (κ2) is 12.9. The molecule has 1 atom stereocenters. The molecule has 0 aliphatic heterocycles. The van der Waals surface area contributed by atoms with Crippen molar-refractivity contribution in [1.82, 2.24) is 10.3 Å². The van der Waals surface area contributed by atoms with Gasteiger partial charge in [0.2, 0.25) is 0 Å². The van der Waals surface area contributed by atoms with Crippen LogP contribution in [0.15, 0.2) is 91.0 Å². The molecule has 0 saturated heterocycles. The fourth-order valence-electron chi connectivity index (χ4n) is 4.71. The molecule has 0 radical (unpaired) electrons. The molecule has 40 heavy (non-hydrogen) atoms. The lowest BCUT2D eigenvalue weighted by molar-refractivity contribution is -0.763. The van der Waals surface area contributed by atoms with Gasteiger partial charge in [-0.2, -0.15) is 0 Å². The summed E-state index contributed by atoms with van der Waals surface area (Å²) in [6.45, 7) is 2.09. The Morgan fingerprint density at radius 1 is 0.850 bits per heavy atom. The number of hydrogen-bond donors (Lipinski definition) is 2. The van der Waals surface area contributed by atoms with Gasteiger partial charge in [-0.3, -0.25) is 0 Å². The van der Waals surface area contributed by atoms with E-state index in [9.17, 15) is 10.1 Å². The van der Waals surface area contributed by atoms with Gasteiger partial charge in [0.1, 0.15) is 19.0 Å². The van der Waals surface area contributed by atoms with Crippen molar-refractivity contribution in [3.05, 3.63) is 112 Å². The van der Waals surface area contributed by atoms with Crippen LogP contribution in [0, 0.1) is 10.1 Å². The highest BCUT2D eigenvalue weighted by Crippen LogP contribution is 2.33. The summed E-state index contributed by atoms with van der Waals surface area (Å²) in [6.07, 6.45) is 0. The van der Waals surface area contributed by atoms with Gasteiger partial charge in [-0.15, -0.1) is 10.1 Å². The van der Waals surface area contributed by atoms with Crippen molar-refractivity contribution in [3.8, 4) is 17.2 Å². The third-order valence-corrected chi connectivity index (χ3v) is 6.72. The van der Waals surface area contributed by atoms with Crippen LogP contribution >= 0.6 is 0 Å². The topological polar surface area (TPSA) is 108 Å². The largest absolute Gasteiger partial charge is 0.493 e. The molecule has 4 aromatic carbocycles. The Kier molecular flexibility index (Phi) is 8.63. The summed E-state index contributed by atoms with van der Waals surface area (Å²) in [4.78, 5) is 18.5. The molecule has 0 aliphatic carbocycles. The number of benzene rings is 4. The molecule has 0 amide bonds. The molecule has 0 aliphatic rings. The summed E-state index contributed by atoms with van der Waals surface area (Å²) in [5.41, 5.74) is 3.86. The van der Waals surface area contributed by atoms with E-state index in [1.54, 1.807) is 7.11 Å². The first-order valence-electron chi connectivity index (χ1n) is 13.1. The minimum Gasteiger partial charge on any atom is -0.493 e. The van der Waals surface area contributed by atoms with Crippen molar-refractivity contribution in [2.45, 2.75) is 12.5 Å². The number of ether oxygens (including phenoxy) is 3. The van der Waals surface area contributed by atoms with Crippen LogP contribution in [-0.2, 0) is 11.4 Å². The first-order valence-corrected chi connectivity index (χ1v) is 13.1. The minimum atomic E-state index is -0.785. The Hall–Kier alpha value is -4.76. The molecule has 9 nitrogen and oxygen atoms in total. The van der Waals surface area contributed by atoms with Crippen LogP contribution in [0.25, 0.3) is 21.8 Å². The minimum absolute atomic E-state index is 0.0113. The fraction of sp³-hybridized carbons (Fsp3) is 0.226. The maximum Gasteiger partial charge on any atom is 0.294 e. The number of H-pyrrole nitrogens is 1. The highest BCUT2D eigenvalue weighted by atomic mass is 16.9. The highest BCUT2D eigenvalue weighted by Gasteiger charge is 2.16. The van der Waals surface area contributed by atoms with Gasteiger partial charge in [-0.05, 0) is 41.5 Å². The van der Waals surface area contributed by atoms with E-state index in [-0.39, 0.29) is 12.5 Å². The third kappa shape index (κ3) is 6.44. The number of para-hydroxylation sites is 3. The monoisotopic (exact) mass is 541 g/mol. The second-order valence-electron chi connectivity index (χ2n) is 9.30. The number of aromatic nitrogens is 1. The molecule has 5 aromatic rings. The van der Waals surface area contributed by atoms with Crippen LogP contribution in [0.1, 0.15) is 17.0 Å². The quantitative estimate of drug-likeness (QED) is 0.103. The number of methoxy groups -OCH3 is 1. The predicted octanol–water partition coefficient (Wildman–Crippen LogP) is 5.87. The van der Waals surface area contributed by atoms with Gasteiger partial charge in [0.05, 0.1) is 19.2 Å². The first kappa shape index (κ1) is 26.8. The van der Waals surface area contributed by atoms with Crippen molar-refractivity contribution in [2.75, 3.05) is 33.4 Å². The van der Waals surface area contributed by atoms with E-state index < -0.39 is 5.09 Å². The van der Waals surface area contributed by atoms with Gasteiger partial charge in [0.25, 0.3) is 5.09 Å². The van der Waals surface area contributed by atoms with Gasteiger partial charge in [-0.1, -0.05) is 60.7 Å². The van der Waals surface area contributed by atoms with Gasteiger partial charge in [-0.25, -0.2) is 0 Å². The van der Waals surface area contributed by atoms with E-state index in [0.29, 0.717) is 37.8 Å². The molecule has 0 fully saturated rings. The number of nitrogens with zero attached hydrogens (tertiary/aromatic N) is 1. The zero-order valence-corrected chi connectivity index (χ0v) is 22.2. The molecule has 2 N–H and O–H groups in total. The lowest BCUT2D eigenvalue weighted by atomic mass is 9.98. The molecular weight excluding hydrogens is 510 g/mol. The first-order chi connectivity index (χ1) is 19.6. The zero-order valence-electron chi connectivity index (χ0n) is 22.2. The average Bonchev–Trinajstić information content (AvgIpc) is 3.37. The molecule has 1 heterocycles. The van der Waals surface area contributed by atoms with E-state index in [0.717, 1.165) is 38.7 Å². The van der Waals surface area contributed by atoms with Gasteiger partial charge < -0.3 is 29.3 Å². The molecule has 0 bridgehead atoms. The van der Waals surface area contributed by atoms with Crippen molar-refractivity contribution >= 4 is 21.8 Å². The van der Waals surface area contributed by atoms with E-state index in [1.165, 1.54) is 0 Å². The summed E-state index contributed by atoms with van der Waals surface area (Å²) in [6, 6.07) is 29.4. The number of hydrogen-bond acceptors (Lipinski definition) is 7. The molecule has 9 heteroatoms. The van der Waals surface area contributed by atoms with Crippen molar-refractivity contribution < 1.29 is 24.1 Å². The smallest absolute Gasteiger partial charge is 0.294 e. The maximum atomic E-state index is 10.6. The lowest BCUT2D eigenvalue weighted by Gasteiger charge is -2.20. The number of aromatic amines is 1. The van der Waals surface area contributed by atoms with Crippen molar-refractivity contribution in [3.63, 3.8) is 0 Å². The Morgan fingerprint density at radius 3 is 2.38 bits per heavy atom. The maximum absolute atomic E-state index is 10.6. The van der Waals surface area contributed by atoms with E-state index in [4.69, 9.17) is 14.2 Å². The number of fused-ring (bicyclic) bond motifs is 3. The van der Waals surface area contributed by atoms with Crippen LogP contribution in [0.3, 0.4) is 0 Å². The van der Waals surface area contributed by atoms with Crippen LogP contribution < -0.4 is 19.5 Å².